The van der Waals surface area contributed by atoms with Crippen LogP contribution in [0.3, 0.4) is 0 Å². The lowest BCUT2D eigenvalue weighted by molar-refractivity contribution is -0.132. The molecule has 0 amide bonds. The largest absolute Gasteiger partial charge is 0.478 e. The fourth-order valence-corrected chi connectivity index (χ4v) is 1.97. The Bertz CT molecular complexity index is 584. The number of fused-ring (bicyclic) bond motifs is 3. The van der Waals surface area contributed by atoms with Crippen LogP contribution in [0.1, 0.15) is 5.56 Å². The van der Waals surface area contributed by atoms with Gasteiger partial charge in [0.25, 0.3) is 0 Å². The average molecular weight is 227 g/mol. The van der Waals surface area contributed by atoms with E-state index < -0.39 is 5.97 Å². The molecule has 0 bridgehead atoms. The fourth-order valence-electron chi connectivity index (χ4n) is 1.97. The Hall–Kier alpha value is -2.49. The molecule has 0 atom stereocenters. The van der Waals surface area contributed by atoms with E-state index in [0.717, 1.165) is 11.3 Å². The van der Waals surface area contributed by atoms with Crippen molar-refractivity contribution in [3.05, 3.63) is 59.8 Å². The van der Waals surface area contributed by atoms with Crippen molar-refractivity contribution in [3.8, 4) is 0 Å². The molecular weight excluding hydrogens is 218 g/mol. The van der Waals surface area contributed by atoms with Crippen LogP contribution in [-0.2, 0) is 9.53 Å². The molecule has 84 valence electrons. The molecule has 2 heterocycles. The third-order valence-corrected chi connectivity index (χ3v) is 2.73. The molecule has 4 nitrogen and oxygen atoms in total. The second kappa shape index (κ2) is 3.52. The van der Waals surface area contributed by atoms with Gasteiger partial charge in [0.1, 0.15) is 12.5 Å². The van der Waals surface area contributed by atoms with E-state index >= 15 is 0 Å². The highest BCUT2D eigenvalue weighted by Crippen LogP contribution is 2.36. The lowest BCUT2D eigenvalue weighted by Crippen LogP contribution is -2.26. The molecule has 0 spiro atoms. The van der Waals surface area contributed by atoms with Crippen LogP contribution in [0.5, 0.6) is 0 Å². The number of hydrogen-bond acceptors (Lipinski definition) is 3. The van der Waals surface area contributed by atoms with E-state index in [0.29, 0.717) is 5.70 Å². The molecule has 1 aromatic rings. The maximum Gasteiger partial charge on any atom is 0.337 e. The Labute approximate surface area is 97.7 Å². The minimum atomic E-state index is -0.963. The standard InChI is InChI=1S/C13H9NO3/c15-13(16)10-7-9-3-1-2-4-11(9)14-5-6-17-8-12(10)14/h1-8H,(H,15,16). The maximum atomic E-state index is 11.2. The number of hydrogen-bond donors (Lipinski definition) is 1. The highest BCUT2D eigenvalue weighted by Gasteiger charge is 2.27. The molecule has 0 saturated carbocycles. The molecule has 0 fully saturated rings. The third kappa shape index (κ3) is 1.42. The molecule has 3 rings (SSSR count). The summed E-state index contributed by atoms with van der Waals surface area (Å²) >= 11 is 0. The molecule has 1 aromatic carbocycles. The van der Waals surface area contributed by atoms with Crippen LogP contribution in [0.2, 0.25) is 0 Å². The molecular formula is C13H9NO3. The van der Waals surface area contributed by atoms with Crippen molar-refractivity contribution in [3.63, 3.8) is 0 Å². The monoisotopic (exact) mass is 227 g/mol. The summed E-state index contributed by atoms with van der Waals surface area (Å²) < 4.78 is 5.05. The number of anilines is 1. The summed E-state index contributed by atoms with van der Waals surface area (Å²) in [5, 5.41) is 9.19. The first-order chi connectivity index (χ1) is 8.27. The number of rotatable bonds is 1. The van der Waals surface area contributed by atoms with Crippen molar-refractivity contribution in [1.82, 2.24) is 0 Å². The van der Waals surface area contributed by atoms with Gasteiger partial charge < -0.3 is 14.7 Å². The highest BCUT2D eigenvalue weighted by atomic mass is 16.5. The Balaban J connectivity index is 2.24. The first-order valence-electron chi connectivity index (χ1n) is 5.13. The van der Waals surface area contributed by atoms with Gasteiger partial charge in [0.15, 0.2) is 0 Å². The first kappa shape index (κ1) is 9.72. The summed E-state index contributed by atoms with van der Waals surface area (Å²) in [5.74, 6) is -0.963. The van der Waals surface area contributed by atoms with E-state index in [9.17, 15) is 9.90 Å². The molecule has 2 aliphatic rings. The zero-order valence-corrected chi connectivity index (χ0v) is 8.83. The maximum absolute atomic E-state index is 11.2. The summed E-state index contributed by atoms with van der Waals surface area (Å²) in [6.45, 7) is 0. The predicted octanol–water partition coefficient (Wildman–Crippen LogP) is 2.32. The molecule has 0 unspecified atom stereocenters. The van der Waals surface area contributed by atoms with Crippen molar-refractivity contribution in [2.24, 2.45) is 0 Å². The summed E-state index contributed by atoms with van der Waals surface area (Å²) in [7, 11) is 0. The number of carboxylic acid groups (broad SMARTS) is 1. The zero-order valence-electron chi connectivity index (χ0n) is 8.83. The van der Waals surface area contributed by atoms with Gasteiger partial charge in [-0.1, -0.05) is 18.2 Å². The van der Waals surface area contributed by atoms with Gasteiger partial charge in [-0.3, -0.25) is 0 Å². The number of carbonyl (C=O) groups is 1. The number of para-hydroxylation sites is 1. The van der Waals surface area contributed by atoms with Crippen LogP contribution in [0.4, 0.5) is 5.69 Å². The van der Waals surface area contributed by atoms with E-state index in [1.165, 1.54) is 12.5 Å². The van der Waals surface area contributed by atoms with Gasteiger partial charge in [0.2, 0.25) is 0 Å². The van der Waals surface area contributed by atoms with Crippen molar-refractivity contribution in [1.29, 1.82) is 0 Å². The normalized spacial score (nSPS) is 16.4. The van der Waals surface area contributed by atoms with Crippen LogP contribution >= 0.6 is 0 Å². The number of benzene rings is 1. The van der Waals surface area contributed by atoms with Crippen LogP contribution in [-0.4, -0.2) is 11.1 Å². The number of aliphatic carboxylic acids is 1. The molecule has 0 aromatic heterocycles. The molecule has 0 aliphatic carbocycles. The van der Waals surface area contributed by atoms with E-state index in [4.69, 9.17) is 4.74 Å². The molecule has 1 N–H and O–H groups in total. The van der Waals surface area contributed by atoms with Gasteiger partial charge in [-0.25, -0.2) is 4.79 Å². The fraction of sp³-hybridized carbons (Fsp3) is 0. The zero-order chi connectivity index (χ0) is 11.8. The Morgan fingerprint density at radius 3 is 2.94 bits per heavy atom. The van der Waals surface area contributed by atoms with E-state index in [1.54, 1.807) is 12.3 Å². The molecule has 2 aliphatic heterocycles. The molecule has 17 heavy (non-hydrogen) atoms. The van der Waals surface area contributed by atoms with Gasteiger partial charge in [0, 0.05) is 6.20 Å². The van der Waals surface area contributed by atoms with Gasteiger partial charge in [-0.2, -0.15) is 0 Å². The van der Waals surface area contributed by atoms with Crippen LogP contribution < -0.4 is 4.90 Å². The topological polar surface area (TPSA) is 49.8 Å². The SMILES string of the molecule is O=C(O)C1=Cc2ccccc2N2C=COC=C12. The quantitative estimate of drug-likeness (QED) is 0.799. The van der Waals surface area contributed by atoms with Gasteiger partial charge in [-0.15, -0.1) is 0 Å². The molecule has 4 heteroatoms. The van der Waals surface area contributed by atoms with Crippen molar-refractivity contribution in [2.75, 3.05) is 4.90 Å². The van der Waals surface area contributed by atoms with Crippen molar-refractivity contribution in [2.45, 2.75) is 0 Å². The smallest absolute Gasteiger partial charge is 0.337 e. The molecule has 0 radical (unpaired) electrons. The summed E-state index contributed by atoms with van der Waals surface area (Å²) in [4.78, 5) is 13.0. The first-order valence-corrected chi connectivity index (χ1v) is 5.13. The van der Waals surface area contributed by atoms with E-state index in [-0.39, 0.29) is 5.57 Å². The second-order valence-corrected chi connectivity index (χ2v) is 3.72. The molecule has 0 saturated heterocycles. The predicted molar refractivity (Wildman–Crippen MR) is 62.8 cm³/mol. The van der Waals surface area contributed by atoms with Gasteiger partial charge in [-0.05, 0) is 17.7 Å². The van der Waals surface area contributed by atoms with Crippen LogP contribution in [0.25, 0.3) is 6.08 Å². The highest BCUT2D eigenvalue weighted by molar-refractivity contribution is 6.02. The minimum absolute atomic E-state index is 0.230. The Morgan fingerprint density at radius 1 is 1.29 bits per heavy atom. The van der Waals surface area contributed by atoms with Crippen LogP contribution in [0.15, 0.2) is 54.3 Å². The number of ether oxygens (including phenoxy) is 1. The third-order valence-electron chi connectivity index (χ3n) is 2.73. The Morgan fingerprint density at radius 2 is 2.12 bits per heavy atom. The van der Waals surface area contributed by atoms with E-state index in [2.05, 4.69) is 0 Å². The number of carboxylic acids is 1. The lowest BCUT2D eigenvalue weighted by atomic mass is 10.00. The Kier molecular flexibility index (Phi) is 2.01. The van der Waals surface area contributed by atoms with Gasteiger partial charge >= 0.3 is 5.97 Å². The van der Waals surface area contributed by atoms with Crippen molar-refractivity contribution < 1.29 is 14.6 Å². The van der Waals surface area contributed by atoms with Crippen LogP contribution in [0, 0.1) is 0 Å². The summed E-state index contributed by atoms with van der Waals surface area (Å²) in [6.07, 6.45) is 6.33. The average Bonchev–Trinajstić information content (AvgIpc) is 2.37. The summed E-state index contributed by atoms with van der Waals surface area (Å²) in [6, 6.07) is 7.62. The van der Waals surface area contributed by atoms with Gasteiger partial charge in [0.05, 0.1) is 17.0 Å². The number of nitrogens with zero attached hydrogens (tertiary/aromatic N) is 1. The minimum Gasteiger partial charge on any atom is -0.478 e. The van der Waals surface area contributed by atoms with Crippen molar-refractivity contribution >= 4 is 17.7 Å². The summed E-state index contributed by atoms with van der Waals surface area (Å²) in [5.41, 5.74) is 2.60. The lowest BCUT2D eigenvalue weighted by Gasteiger charge is -2.30. The second-order valence-electron chi connectivity index (χ2n) is 3.72. The van der Waals surface area contributed by atoms with E-state index in [1.807, 2.05) is 29.2 Å².